The molecule has 1 aliphatic rings. The average molecular weight is 1060 g/mol. The molecule has 0 N–H and O–H groups in total. The Morgan fingerprint density at radius 3 is 1.61 bits per heavy atom. The maximum absolute atomic E-state index is 12.4. The van der Waals surface area contributed by atoms with Gasteiger partial charge in [-0.2, -0.15) is 0 Å². The minimum Gasteiger partial charge on any atom is -0.497 e. The SMILES string of the molecule is CC[Si](CC)(CC)O[C@](C)(CCCCCCO[Si](c1ccccc1)(c1ccccc1)C(C)(C)C)[C@H](OCc1ccccc1)[C@@H](OCc1ccccc1)[C@H](OCc1ccc(OC)cc1)[C@@H](C)[C@H]1O[C@]1(C)/C=C/C(=O)OC. The number of benzene rings is 5. The number of ether oxygens (including phenoxy) is 6. The summed E-state index contributed by atoms with van der Waals surface area (Å²) in [6, 6.07) is 53.5. The molecule has 1 fully saturated rings. The quantitative estimate of drug-likeness (QED) is 0.0137. The summed E-state index contributed by atoms with van der Waals surface area (Å²) < 4.78 is 54.5. The van der Waals surface area contributed by atoms with Crippen molar-refractivity contribution in [1.82, 2.24) is 0 Å². The number of esters is 1. The van der Waals surface area contributed by atoms with Gasteiger partial charge in [0.1, 0.15) is 23.6 Å². The molecule has 0 aliphatic carbocycles. The molecule has 0 amide bonds. The molecule has 1 saturated heterocycles. The molecule has 0 bridgehead atoms. The Bertz CT molecular complexity index is 2400. The van der Waals surface area contributed by atoms with Gasteiger partial charge in [0.2, 0.25) is 0 Å². The molecule has 5 aromatic carbocycles. The third kappa shape index (κ3) is 15.7. The molecule has 5 aromatic rings. The highest BCUT2D eigenvalue weighted by atomic mass is 28.4. The first kappa shape index (κ1) is 59.5. The summed E-state index contributed by atoms with van der Waals surface area (Å²) in [5, 5.41) is 2.51. The van der Waals surface area contributed by atoms with Crippen LogP contribution in [0, 0.1) is 5.92 Å². The van der Waals surface area contributed by atoms with Crippen LogP contribution in [0.1, 0.15) is 111 Å². The van der Waals surface area contributed by atoms with E-state index in [2.05, 4.69) is 152 Å². The minimum atomic E-state index is -2.66. The first-order chi connectivity index (χ1) is 36.1. The molecule has 0 aromatic heterocycles. The summed E-state index contributed by atoms with van der Waals surface area (Å²) in [6.07, 6.45) is 5.80. The third-order valence-electron chi connectivity index (χ3n) is 15.7. The van der Waals surface area contributed by atoms with Crippen molar-refractivity contribution in [1.29, 1.82) is 0 Å². The second-order valence-corrected chi connectivity index (χ2v) is 30.9. The van der Waals surface area contributed by atoms with Crippen molar-refractivity contribution in [3.8, 4) is 5.75 Å². The number of hydrogen-bond acceptors (Lipinski definition) is 9. The summed E-state index contributed by atoms with van der Waals surface area (Å²) in [6.45, 7) is 22.1. The van der Waals surface area contributed by atoms with Crippen LogP contribution in [0.15, 0.2) is 158 Å². The summed E-state index contributed by atoms with van der Waals surface area (Å²) >= 11 is 0. The highest BCUT2D eigenvalue weighted by molar-refractivity contribution is 6.99. The van der Waals surface area contributed by atoms with E-state index >= 15 is 0 Å². The minimum absolute atomic E-state index is 0.0886. The standard InChI is InChI=1S/C64H88O9Si2/c1-12-74(13-2,14-3)73-64(9,44-29-15-16-30-46-71-75(62(5,6)7,55-35-25-19-26-36-55)56-37-27-20-28-38-56)61(70-49-52-33-23-18-24-34-52)59(69-47-51-31-21-17-22-32-51)58(68-48-53-39-41-54(66-10)42-40-53)50(4)60-63(8,72-60)45-43-57(65)67-11/h17-28,31-43,45,50,58-61H,12-16,29-30,44,46-49H2,1-11H3/b45-43+/t50-,58-,59+,60-,61-,63-,64-/m1/s1. The zero-order valence-corrected chi connectivity index (χ0v) is 49.1. The molecule has 11 heteroatoms. The second kappa shape index (κ2) is 28.1. The first-order valence-corrected chi connectivity index (χ1v) is 32.0. The maximum atomic E-state index is 12.4. The highest BCUT2D eigenvalue weighted by Crippen LogP contribution is 2.47. The molecule has 0 spiro atoms. The normalized spacial score (nSPS) is 18.5. The lowest BCUT2D eigenvalue weighted by molar-refractivity contribution is -0.212. The van der Waals surface area contributed by atoms with Crippen LogP contribution in [0.2, 0.25) is 23.2 Å². The third-order valence-corrected chi connectivity index (χ3v) is 25.5. The van der Waals surface area contributed by atoms with E-state index in [1.807, 2.05) is 55.5 Å². The van der Waals surface area contributed by atoms with Gasteiger partial charge >= 0.3 is 5.97 Å². The molecule has 6 rings (SSSR count). The Balaban J connectivity index is 1.37. The van der Waals surface area contributed by atoms with Crippen LogP contribution in [-0.4, -0.2) is 79.0 Å². The van der Waals surface area contributed by atoms with Gasteiger partial charge in [-0.3, -0.25) is 0 Å². The Labute approximate surface area is 452 Å². The lowest BCUT2D eigenvalue weighted by Crippen LogP contribution is -2.66. The molecule has 9 nitrogen and oxygen atoms in total. The van der Waals surface area contributed by atoms with Gasteiger partial charge in [-0.05, 0) is 95.1 Å². The first-order valence-electron chi connectivity index (χ1n) is 27.6. The van der Waals surface area contributed by atoms with Crippen LogP contribution in [0.5, 0.6) is 5.75 Å². The monoisotopic (exact) mass is 1060 g/mol. The highest BCUT2D eigenvalue weighted by Gasteiger charge is 2.58. The zero-order valence-electron chi connectivity index (χ0n) is 47.1. The zero-order chi connectivity index (χ0) is 54.0. The average Bonchev–Trinajstić information content (AvgIpc) is 4.14. The van der Waals surface area contributed by atoms with Crippen molar-refractivity contribution in [2.75, 3.05) is 20.8 Å². The van der Waals surface area contributed by atoms with Crippen LogP contribution in [-0.2, 0) is 57.2 Å². The molecule has 0 radical (unpaired) electrons. The second-order valence-electron chi connectivity index (χ2n) is 21.9. The smallest absolute Gasteiger partial charge is 0.330 e. The van der Waals surface area contributed by atoms with E-state index in [4.69, 9.17) is 37.3 Å². The van der Waals surface area contributed by atoms with Gasteiger partial charge in [0.25, 0.3) is 8.32 Å². The van der Waals surface area contributed by atoms with Gasteiger partial charge in [-0.25, -0.2) is 4.79 Å². The van der Waals surface area contributed by atoms with E-state index in [1.54, 1.807) is 13.2 Å². The summed E-state index contributed by atoms with van der Waals surface area (Å²) in [5.41, 5.74) is 1.58. The van der Waals surface area contributed by atoms with E-state index in [1.165, 1.54) is 23.6 Å². The van der Waals surface area contributed by atoms with Crippen LogP contribution in [0.25, 0.3) is 0 Å². The lowest BCUT2D eigenvalue weighted by Gasteiger charge is -2.49. The van der Waals surface area contributed by atoms with Gasteiger partial charge < -0.3 is 37.3 Å². The molecule has 1 heterocycles. The Hall–Kier alpha value is -4.70. The summed E-state index contributed by atoms with van der Waals surface area (Å²) in [7, 11) is -1.92. The van der Waals surface area contributed by atoms with Crippen molar-refractivity contribution in [2.45, 2.75) is 173 Å². The number of carbonyl (C=O) groups excluding carboxylic acids is 1. The van der Waals surface area contributed by atoms with E-state index in [0.29, 0.717) is 26.4 Å². The molecule has 7 atom stereocenters. The predicted octanol–water partition coefficient (Wildman–Crippen LogP) is 13.6. The Morgan fingerprint density at radius 1 is 0.640 bits per heavy atom. The number of methoxy groups -OCH3 is 2. The number of epoxide rings is 1. The molecule has 75 heavy (non-hydrogen) atoms. The van der Waals surface area contributed by atoms with Crippen LogP contribution >= 0.6 is 0 Å². The number of hydrogen-bond donors (Lipinski definition) is 0. The topological polar surface area (TPSA) is 94.2 Å². The van der Waals surface area contributed by atoms with E-state index in [-0.39, 0.29) is 17.1 Å². The van der Waals surface area contributed by atoms with Crippen LogP contribution in [0.3, 0.4) is 0 Å². The van der Waals surface area contributed by atoms with Crippen molar-refractivity contribution < 1.29 is 42.1 Å². The number of carbonyl (C=O) groups is 1. The van der Waals surface area contributed by atoms with Crippen molar-refractivity contribution in [3.63, 3.8) is 0 Å². The molecular formula is C64H88O9Si2. The molecule has 0 saturated carbocycles. The number of rotatable bonds is 32. The fraction of sp³-hybridized carbons (Fsp3) is 0.484. The fourth-order valence-electron chi connectivity index (χ4n) is 11.1. The lowest BCUT2D eigenvalue weighted by atomic mass is 9.81. The van der Waals surface area contributed by atoms with Crippen molar-refractivity contribution >= 4 is 33.0 Å². The molecular weight excluding hydrogens is 969 g/mol. The summed E-state index contributed by atoms with van der Waals surface area (Å²) in [5.74, 6) is 0.111. The van der Waals surface area contributed by atoms with Gasteiger partial charge in [0.05, 0.1) is 51.8 Å². The van der Waals surface area contributed by atoms with Crippen LogP contribution in [0.4, 0.5) is 0 Å². The Morgan fingerprint density at radius 2 is 1.12 bits per heavy atom. The van der Waals surface area contributed by atoms with Gasteiger partial charge in [-0.15, -0.1) is 0 Å². The molecule has 406 valence electrons. The van der Waals surface area contributed by atoms with Crippen molar-refractivity contribution in [3.05, 3.63) is 174 Å². The molecule has 0 unspecified atom stereocenters. The summed E-state index contributed by atoms with van der Waals surface area (Å²) in [4.78, 5) is 12.4. The van der Waals surface area contributed by atoms with Crippen LogP contribution < -0.4 is 15.1 Å². The van der Waals surface area contributed by atoms with Gasteiger partial charge in [0, 0.05) is 18.6 Å². The van der Waals surface area contributed by atoms with Gasteiger partial charge in [0.15, 0.2) is 8.32 Å². The Kier molecular flexibility index (Phi) is 22.3. The van der Waals surface area contributed by atoms with Gasteiger partial charge in [-0.1, -0.05) is 201 Å². The van der Waals surface area contributed by atoms with Crippen molar-refractivity contribution in [2.24, 2.45) is 5.92 Å². The predicted molar refractivity (Wildman–Crippen MR) is 309 cm³/mol. The fourth-order valence-corrected chi connectivity index (χ4v) is 18.8. The number of unbranched alkanes of at least 4 members (excludes halogenated alkanes) is 3. The molecule has 1 aliphatic heterocycles. The van der Waals surface area contributed by atoms with E-state index in [9.17, 15) is 4.79 Å². The largest absolute Gasteiger partial charge is 0.497 e. The van der Waals surface area contributed by atoms with E-state index < -0.39 is 52.1 Å². The van der Waals surface area contributed by atoms with E-state index in [0.717, 1.165) is 72.7 Å². The maximum Gasteiger partial charge on any atom is 0.330 e.